The van der Waals surface area contributed by atoms with Crippen LogP contribution in [-0.2, 0) is 26.8 Å². The lowest BCUT2D eigenvalue weighted by Crippen LogP contribution is -2.17. The quantitative estimate of drug-likeness (QED) is 0.444. The van der Waals surface area contributed by atoms with E-state index in [9.17, 15) is 19.7 Å². The van der Waals surface area contributed by atoms with Crippen molar-refractivity contribution in [3.8, 4) is 0 Å². The maximum Gasteiger partial charge on any atom is 0.323 e. The highest BCUT2D eigenvalue weighted by molar-refractivity contribution is 5.96. The number of nitrogens with zero attached hydrogens (tertiary/aromatic N) is 5. The van der Waals surface area contributed by atoms with Gasteiger partial charge in [-0.05, 0) is 12.7 Å². The molecule has 0 unspecified atom stereocenters. The van der Waals surface area contributed by atoms with E-state index in [4.69, 9.17) is 22.7 Å². The van der Waals surface area contributed by atoms with E-state index >= 15 is 0 Å². The molecule has 0 aliphatic carbocycles. The highest BCUT2D eigenvalue weighted by Crippen LogP contribution is 2.23. The summed E-state index contributed by atoms with van der Waals surface area (Å²) in [6.45, 7) is 3.21. The number of nitrogen functional groups attached to an aromatic ring is 1. The van der Waals surface area contributed by atoms with Crippen molar-refractivity contribution in [2.45, 2.75) is 39.4 Å². The van der Waals surface area contributed by atoms with Crippen molar-refractivity contribution < 1.29 is 20.0 Å². The molecule has 2 amide bonds. The van der Waals surface area contributed by atoms with Gasteiger partial charge in [0.2, 0.25) is 5.69 Å². The highest BCUT2D eigenvalue weighted by Gasteiger charge is 2.29. The molecular weight excluding hydrogens is 368 g/mol. The molecule has 2 heterocycles. The van der Waals surface area contributed by atoms with Crippen LogP contribution in [0, 0.1) is 10.1 Å². The summed E-state index contributed by atoms with van der Waals surface area (Å²) in [7, 11) is 2.81. The molecule has 2 aromatic rings. The Morgan fingerprint density at radius 3 is 1.86 bits per heavy atom. The van der Waals surface area contributed by atoms with Crippen molar-refractivity contribution in [2.75, 3.05) is 5.73 Å². The maximum atomic E-state index is 11.1. The molecule has 12 heteroatoms. The number of hydrogen-bond donors (Lipinski definition) is 3. The summed E-state index contributed by atoms with van der Waals surface area (Å²) in [5, 5.41) is 18.5. The lowest BCUT2D eigenvalue weighted by Gasteiger charge is -1.96. The third-order valence-electron chi connectivity index (χ3n) is 3.44. The second-order valence-corrected chi connectivity index (χ2v) is 5.45. The van der Waals surface area contributed by atoms with Gasteiger partial charge in [-0.3, -0.25) is 29.1 Å². The third-order valence-corrected chi connectivity index (χ3v) is 3.44. The largest absolute Gasteiger partial charge is 0.395 e. The van der Waals surface area contributed by atoms with Crippen LogP contribution in [0.5, 0.6) is 0 Å². The molecule has 12 nitrogen and oxygen atoms in total. The van der Waals surface area contributed by atoms with Gasteiger partial charge in [-0.15, -0.1) is 0 Å². The molecule has 6 N–H and O–H groups in total. The zero-order chi connectivity index (χ0) is 25.2. The molecule has 28 heavy (non-hydrogen) atoms. The van der Waals surface area contributed by atoms with E-state index in [2.05, 4.69) is 10.2 Å². The fourth-order valence-corrected chi connectivity index (χ4v) is 2.38. The maximum absolute atomic E-state index is 11.1. The van der Waals surface area contributed by atoms with Crippen molar-refractivity contribution in [3.63, 3.8) is 0 Å². The van der Waals surface area contributed by atoms with Crippen LogP contribution in [0.1, 0.15) is 64.5 Å². The van der Waals surface area contributed by atoms with Crippen molar-refractivity contribution in [1.82, 2.24) is 19.6 Å². The topological polar surface area (TPSA) is 191 Å². The van der Waals surface area contributed by atoms with Crippen LogP contribution >= 0.6 is 0 Å². The van der Waals surface area contributed by atoms with E-state index in [0.717, 1.165) is 4.68 Å². The molecule has 0 bridgehead atoms. The molecule has 0 fully saturated rings. The average Bonchev–Trinajstić information content (AvgIpc) is 3.19. The Labute approximate surface area is 167 Å². The Morgan fingerprint density at radius 2 is 1.46 bits per heavy atom. The van der Waals surface area contributed by atoms with Crippen molar-refractivity contribution in [2.24, 2.45) is 25.6 Å². The SMILES string of the molecule is [2H]C([2H])(CC)c1nn(C)c(C(N)=O)c1N.[2H]C([2H])(CC)c1nn(C)c(C(N)=O)c1[N+](=O)[O-]. The van der Waals surface area contributed by atoms with Crippen LogP contribution in [-0.4, -0.2) is 36.3 Å². The van der Waals surface area contributed by atoms with Gasteiger partial charge in [0.1, 0.15) is 11.4 Å². The minimum atomic E-state index is -1.98. The molecule has 0 atom stereocenters. The third kappa shape index (κ3) is 4.84. The number of amides is 2. The van der Waals surface area contributed by atoms with Crippen LogP contribution in [0.3, 0.4) is 0 Å². The first kappa shape index (κ1) is 16.7. The van der Waals surface area contributed by atoms with Gasteiger partial charge in [0.25, 0.3) is 11.8 Å². The van der Waals surface area contributed by atoms with E-state index in [1.807, 2.05) is 0 Å². The first-order chi connectivity index (χ1) is 14.5. The number of nitrogens with two attached hydrogens (primary N) is 3. The monoisotopic (exact) mass is 398 g/mol. The fraction of sp³-hybridized carbons (Fsp3) is 0.500. The van der Waals surface area contributed by atoms with Gasteiger partial charge in [0.05, 0.1) is 16.3 Å². The molecule has 154 valence electrons. The highest BCUT2D eigenvalue weighted by atomic mass is 16.6. The van der Waals surface area contributed by atoms with Gasteiger partial charge in [0.15, 0.2) is 0 Å². The number of rotatable bonds is 7. The van der Waals surface area contributed by atoms with Gasteiger partial charge in [-0.25, -0.2) is 0 Å². The number of nitro groups is 1. The smallest absolute Gasteiger partial charge is 0.323 e. The number of anilines is 1. The number of primary amides is 2. The molecule has 0 aliphatic rings. The Hall–Kier alpha value is -3.44. The van der Waals surface area contributed by atoms with Gasteiger partial charge in [0, 0.05) is 19.6 Å². The Kier molecular flexibility index (Phi) is 5.66. The van der Waals surface area contributed by atoms with Gasteiger partial charge in [-0.2, -0.15) is 10.2 Å². The summed E-state index contributed by atoms with van der Waals surface area (Å²) in [6, 6.07) is 0. The Bertz CT molecular complexity index is 1050. The first-order valence-corrected chi connectivity index (χ1v) is 8.17. The molecular formula is C16H26N8O4. The number of carbonyl (C=O) groups is 2. The molecule has 0 saturated heterocycles. The Balaban J connectivity index is 0.000000323. The summed E-state index contributed by atoms with van der Waals surface area (Å²) >= 11 is 0. The first-order valence-electron chi connectivity index (χ1n) is 10.2. The Morgan fingerprint density at radius 1 is 1.04 bits per heavy atom. The fourth-order valence-electron chi connectivity index (χ4n) is 2.38. The summed E-state index contributed by atoms with van der Waals surface area (Å²) in [5.74, 6) is -1.72. The second-order valence-electron chi connectivity index (χ2n) is 5.45. The lowest BCUT2D eigenvalue weighted by molar-refractivity contribution is -0.385. The van der Waals surface area contributed by atoms with Gasteiger partial charge < -0.3 is 17.2 Å². The molecule has 0 aliphatic heterocycles. The van der Waals surface area contributed by atoms with Crippen molar-refractivity contribution in [1.29, 1.82) is 0 Å². The predicted molar refractivity (Wildman–Crippen MR) is 103 cm³/mol. The standard InChI is InChI=1S/C8H12N4O3.C8H14N4O/c1-3-4-5-6(12(14)15)7(8(9)13)11(2)10-5;1-3-4-5-6(9)7(8(10)13)12(2)11-5/h3-4H2,1-2H3,(H2,9,13);3-4,9H2,1-2H3,(H2,10,13)/i2*4D2. The lowest BCUT2D eigenvalue weighted by atomic mass is 10.2. The molecule has 0 aromatic carbocycles. The average molecular weight is 398 g/mol. The number of hydrogen-bond acceptors (Lipinski definition) is 7. The zero-order valence-corrected chi connectivity index (χ0v) is 16.0. The number of aryl methyl sites for hydroxylation is 4. The second kappa shape index (κ2) is 9.48. The minimum absolute atomic E-state index is 0.00303. The molecule has 0 spiro atoms. The van der Waals surface area contributed by atoms with Crippen molar-refractivity contribution >= 4 is 23.2 Å². The molecule has 0 saturated carbocycles. The van der Waals surface area contributed by atoms with Gasteiger partial charge >= 0.3 is 5.69 Å². The van der Waals surface area contributed by atoms with E-state index in [0.29, 0.717) is 0 Å². The van der Waals surface area contributed by atoms with Crippen LogP contribution < -0.4 is 17.2 Å². The van der Waals surface area contributed by atoms with Gasteiger partial charge in [-0.1, -0.05) is 26.7 Å². The summed E-state index contributed by atoms with van der Waals surface area (Å²) < 4.78 is 32.7. The molecule has 2 aromatic heterocycles. The van der Waals surface area contributed by atoms with E-state index < -0.39 is 40.9 Å². The van der Waals surface area contributed by atoms with E-state index in [1.54, 1.807) is 6.92 Å². The van der Waals surface area contributed by atoms with E-state index in [1.165, 1.54) is 25.7 Å². The summed E-state index contributed by atoms with van der Waals surface area (Å²) in [5.41, 5.74) is 14.5. The normalized spacial score (nSPS) is 13.4. The predicted octanol–water partition coefficient (Wildman–Crippen LogP) is 0.433. The van der Waals surface area contributed by atoms with Crippen molar-refractivity contribution in [3.05, 3.63) is 32.9 Å². The van der Waals surface area contributed by atoms with Crippen LogP contribution in [0.2, 0.25) is 0 Å². The number of aromatic nitrogens is 4. The van der Waals surface area contributed by atoms with Crippen LogP contribution in [0.4, 0.5) is 11.4 Å². The number of carbonyl (C=O) groups excluding carboxylic acids is 2. The summed E-state index contributed by atoms with van der Waals surface area (Å²) in [6.07, 6.45) is -3.39. The molecule has 0 radical (unpaired) electrons. The van der Waals surface area contributed by atoms with Crippen LogP contribution in [0.25, 0.3) is 0 Å². The van der Waals surface area contributed by atoms with E-state index in [-0.39, 0.29) is 35.6 Å². The summed E-state index contributed by atoms with van der Waals surface area (Å²) in [4.78, 5) is 32.2. The minimum Gasteiger partial charge on any atom is -0.395 e. The molecule has 2 rings (SSSR count). The van der Waals surface area contributed by atoms with Crippen LogP contribution in [0.15, 0.2) is 0 Å². The zero-order valence-electron chi connectivity index (χ0n) is 20.0.